The van der Waals surface area contributed by atoms with Gasteiger partial charge in [-0.3, -0.25) is 0 Å². The lowest BCUT2D eigenvalue weighted by Crippen LogP contribution is -2.19. The molecule has 2 amide bonds. The van der Waals surface area contributed by atoms with E-state index >= 15 is 0 Å². The lowest BCUT2D eigenvalue weighted by molar-refractivity contribution is 0.262. The minimum absolute atomic E-state index is 0.357. The lowest BCUT2D eigenvalue weighted by Gasteiger charge is -2.13. The maximum Gasteiger partial charge on any atom is 0.323 e. The summed E-state index contributed by atoms with van der Waals surface area (Å²) in [5, 5.41) is 14.6. The van der Waals surface area contributed by atoms with Gasteiger partial charge in [0.1, 0.15) is 5.82 Å². The summed E-state index contributed by atoms with van der Waals surface area (Å²) < 4.78 is 2.50. The van der Waals surface area contributed by atoms with Crippen LogP contribution in [0.3, 0.4) is 0 Å². The first-order valence-electron chi connectivity index (χ1n) is 10.9. The van der Waals surface area contributed by atoms with Crippen LogP contribution in [0.2, 0.25) is 10.0 Å². The molecule has 0 aliphatic carbocycles. The van der Waals surface area contributed by atoms with Crippen LogP contribution in [0, 0.1) is 0 Å². The van der Waals surface area contributed by atoms with Crippen LogP contribution in [-0.4, -0.2) is 20.6 Å². The van der Waals surface area contributed by atoms with Crippen LogP contribution in [0.1, 0.15) is 5.56 Å². The van der Waals surface area contributed by atoms with Gasteiger partial charge in [-0.25, -0.2) is 9.78 Å². The van der Waals surface area contributed by atoms with E-state index in [0.29, 0.717) is 33.6 Å². The minimum Gasteiger partial charge on any atom is -0.366 e. The van der Waals surface area contributed by atoms with E-state index in [0.717, 1.165) is 27.1 Å². The number of benzene rings is 3. The third kappa shape index (κ3) is 5.46. The number of anilines is 3. The molecule has 0 saturated carbocycles. The summed E-state index contributed by atoms with van der Waals surface area (Å²) in [6, 6.07) is 23.7. The zero-order chi connectivity index (χ0) is 25.1. The highest BCUT2D eigenvalue weighted by Gasteiger charge is 2.13. The van der Waals surface area contributed by atoms with E-state index in [9.17, 15) is 4.79 Å². The van der Waals surface area contributed by atoms with Gasteiger partial charge in [-0.15, -0.1) is 0 Å². The molecule has 36 heavy (non-hydrogen) atoms. The third-order valence-corrected chi connectivity index (χ3v) is 6.44. The van der Waals surface area contributed by atoms with Gasteiger partial charge in [-0.1, -0.05) is 59.6 Å². The number of halogens is 3. The molecule has 5 rings (SSSR count). The molecule has 0 aliphatic heterocycles. The Kier molecular flexibility index (Phi) is 7.09. The van der Waals surface area contributed by atoms with E-state index in [1.807, 2.05) is 54.6 Å². The summed E-state index contributed by atoms with van der Waals surface area (Å²) in [7, 11) is 0. The smallest absolute Gasteiger partial charge is 0.323 e. The largest absolute Gasteiger partial charge is 0.366 e. The average molecular weight is 582 g/mol. The summed E-state index contributed by atoms with van der Waals surface area (Å²) >= 11 is 15.9. The lowest BCUT2D eigenvalue weighted by atomic mass is 10.1. The van der Waals surface area contributed by atoms with Crippen molar-refractivity contribution in [3.63, 3.8) is 0 Å². The van der Waals surface area contributed by atoms with Gasteiger partial charge in [0.15, 0.2) is 5.65 Å². The predicted molar refractivity (Wildman–Crippen MR) is 149 cm³/mol. The van der Waals surface area contributed by atoms with E-state index in [1.54, 1.807) is 35.0 Å². The monoisotopic (exact) mass is 580 g/mol. The average Bonchev–Trinajstić information content (AvgIpc) is 3.24. The zero-order valence-electron chi connectivity index (χ0n) is 18.7. The molecule has 0 bridgehead atoms. The molecule has 180 valence electrons. The number of urea groups is 1. The minimum atomic E-state index is -0.357. The molecule has 0 radical (unpaired) electrons. The molecule has 0 aliphatic rings. The van der Waals surface area contributed by atoms with Crippen molar-refractivity contribution in [1.29, 1.82) is 0 Å². The fourth-order valence-electron chi connectivity index (χ4n) is 3.68. The van der Waals surface area contributed by atoms with Crippen molar-refractivity contribution in [2.45, 2.75) is 6.54 Å². The molecule has 2 aromatic heterocycles. The van der Waals surface area contributed by atoms with Gasteiger partial charge < -0.3 is 16.0 Å². The van der Waals surface area contributed by atoms with Gasteiger partial charge >= 0.3 is 6.03 Å². The Balaban J connectivity index is 1.34. The third-order valence-electron chi connectivity index (χ3n) is 5.32. The van der Waals surface area contributed by atoms with Gasteiger partial charge in [0, 0.05) is 39.6 Å². The van der Waals surface area contributed by atoms with Crippen molar-refractivity contribution in [3.05, 3.63) is 105 Å². The Bertz CT molecular complexity index is 1570. The van der Waals surface area contributed by atoms with Crippen molar-refractivity contribution in [2.24, 2.45) is 0 Å². The van der Waals surface area contributed by atoms with Gasteiger partial charge in [-0.05, 0) is 57.9 Å². The van der Waals surface area contributed by atoms with Crippen LogP contribution >= 0.6 is 39.1 Å². The summed E-state index contributed by atoms with van der Waals surface area (Å²) in [5.74, 6) is 0.748. The number of amides is 2. The Labute approximate surface area is 225 Å². The maximum absolute atomic E-state index is 12.4. The second-order valence-electron chi connectivity index (χ2n) is 7.88. The van der Waals surface area contributed by atoms with E-state index in [4.69, 9.17) is 28.2 Å². The van der Waals surface area contributed by atoms with Gasteiger partial charge in [0.05, 0.1) is 16.4 Å². The van der Waals surface area contributed by atoms with Crippen LogP contribution in [0.4, 0.5) is 22.0 Å². The zero-order valence-corrected chi connectivity index (χ0v) is 21.8. The Morgan fingerprint density at radius 2 is 1.67 bits per heavy atom. The normalized spacial score (nSPS) is 10.9. The van der Waals surface area contributed by atoms with Crippen LogP contribution in [0.15, 0.2) is 89.5 Å². The molecule has 0 unspecified atom stereocenters. The Morgan fingerprint density at radius 1 is 0.917 bits per heavy atom. The summed E-state index contributed by atoms with van der Waals surface area (Å²) in [6.07, 6.45) is 1.70. The molecule has 10 heteroatoms. The van der Waals surface area contributed by atoms with E-state index in [-0.39, 0.29) is 6.03 Å². The van der Waals surface area contributed by atoms with E-state index in [2.05, 4.69) is 37.0 Å². The Hall–Kier alpha value is -3.59. The molecule has 2 heterocycles. The highest BCUT2D eigenvalue weighted by Crippen LogP contribution is 2.30. The molecule has 3 aromatic carbocycles. The van der Waals surface area contributed by atoms with Gasteiger partial charge in [0.25, 0.3) is 0 Å². The number of nitrogens with zero attached hydrogens (tertiary/aromatic N) is 3. The Morgan fingerprint density at radius 3 is 2.44 bits per heavy atom. The van der Waals surface area contributed by atoms with Crippen LogP contribution in [-0.2, 0) is 6.54 Å². The number of carbonyl (C=O) groups excluding carboxylic acids is 1. The van der Waals surface area contributed by atoms with Crippen LogP contribution < -0.4 is 16.0 Å². The number of aromatic nitrogens is 3. The number of carbonyl (C=O) groups is 1. The fraction of sp³-hybridized carbons (Fsp3) is 0.0385. The number of hydrogen-bond donors (Lipinski definition) is 3. The van der Waals surface area contributed by atoms with E-state index in [1.165, 1.54) is 0 Å². The number of nitrogens with one attached hydrogen (secondary N) is 3. The van der Waals surface area contributed by atoms with Crippen molar-refractivity contribution >= 4 is 68.0 Å². The molecular weight excluding hydrogens is 563 g/mol. The molecule has 0 fully saturated rings. The molecule has 3 N–H and O–H groups in total. The second kappa shape index (κ2) is 10.6. The molecule has 7 nitrogen and oxygen atoms in total. The molecule has 0 spiro atoms. The highest BCUT2D eigenvalue weighted by molar-refractivity contribution is 9.10. The van der Waals surface area contributed by atoms with Gasteiger partial charge in [0.2, 0.25) is 0 Å². The predicted octanol–water partition coefficient (Wildman–Crippen LogP) is 7.72. The molecular formula is C26H19BrCl2N6O. The quantitative estimate of drug-likeness (QED) is 0.192. The summed E-state index contributed by atoms with van der Waals surface area (Å²) in [4.78, 5) is 17.2. The van der Waals surface area contributed by atoms with Gasteiger partial charge in [-0.2, -0.15) is 9.61 Å². The summed E-state index contributed by atoms with van der Waals surface area (Å²) in [5.41, 5.74) is 4.46. The summed E-state index contributed by atoms with van der Waals surface area (Å²) in [6.45, 7) is 0.490. The van der Waals surface area contributed by atoms with Crippen LogP contribution in [0.25, 0.3) is 16.9 Å². The van der Waals surface area contributed by atoms with Crippen molar-refractivity contribution in [3.8, 4) is 11.3 Å². The number of fused-ring (bicyclic) bond motifs is 1. The SMILES string of the molecule is O=C(Nc1cccc(Cl)c1)Nc1cccc(CNc2cc(-c3ccccc3Cl)nc3c(Br)cnn23)c1. The molecule has 0 saturated heterocycles. The first kappa shape index (κ1) is 24.1. The highest BCUT2D eigenvalue weighted by atomic mass is 79.9. The number of hydrogen-bond acceptors (Lipinski definition) is 4. The van der Waals surface area contributed by atoms with Crippen molar-refractivity contribution in [2.75, 3.05) is 16.0 Å². The maximum atomic E-state index is 12.4. The van der Waals surface area contributed by atoms with Crippen molar-refractivity contribution in [1.82, 2.24) is 14.6 Å². The molecule has 5 aromatic rings. The first-order chi connectivity index (χ1) is 17.5. The second-order valence-corrected chi connectivity index (χ2v) is 9.58. The van der Waals surface area contributed by atoms with E-state index < -0.39 is 0 Å². The van der Waals surface area contributed by atoms with Crippen LogP contribution in [0.5, 0.6) is 0 Å². The fourth-order valence-corrected chi connectivity index (χ4v) is 4.45. The van der Waals surface area contributed by atoms with Crippen molar-refractivity contribution < 1.29 is 4.79 Å². The first-order valence-corrected chi connectivity index (χ1v) is 12.5. The molecule has 0 atom stereocenters. The topological polar surface area (TPSA) is 83.4 Å². The standard InChI is InChI=1S/C26H19BrCl2N6O/c27-21-15-31-35-24(13-23(34-25(21)35)20-9-1-2-10-22(20)29)30-14-16-5-3-7-18(11-16)32-26(36)33-19-8-4-6-17(28)12-19/h1-13,15,30H,14H2,(H2,32,33,36). The number of rotatable bonds is 6.